The van der Waals surface area contributed by atoms with Gasteiger partial charge in [0, 0.05) is 46.9 Å². The maximum Gasteiger partial charge on any atom is 1.00 e. The molecule has 0 fully saturated rings. The van der Waals surface area contributed by atoms with Crippen molar-refractivity contribution < 1.29 is 103 Å². The van der Waals surface area contributed by atoms with E-state index in [1.165, 1.54) is 12.1 Å². The van der Waals surface area contributed by atoms with Gasteiger partial charge in [-0.2, -0.15) is 4.58 Å². The van der Waals surface area contributed by atoms with Gasteiger partial charge in [0.2, 0.25) is 5.69 Å². The summed E-state index contributed by atoms with van der Waals surface area (Å²) in [5.74, 6) is -0.563. The second kappa shape index (κ2) is 10.9. The summed E-state index contributed by atoms with van der Waals surface area (Å²) in [6.45, 7) is 5.70. The summed E-state index contributed by atoms with van der Waals surface area (Å²) in [5.41, 5.74) is 1.21. The Kier molecular flexibility index (Phi) is 9.63. The topological polar surface area (TPSA) is 175 Å². The van der Waals surface area contributed by atoms with Crippen molar-refractivity contribution >= 4 is 63.3 Å². The molecule has 188 valence electrons. The molecule has 0 radical (unpaired) electrons. The van der Waals surface area contributed by atoms with Gasteiger partial charge in [-0.05, 0) is 37.4 Å². The van der Waals surface area contributed by atoms with Crippen LogP contribution in [-0.2, 0) is 35.8 Å². The van der Waals surface area contributed by atoms with Crippen molar-refractivity contribution in [3.05, 3.63) is 42.0 Å². The van der Waals surface area contributed by atoms with Gasteiger partial charge in [-0.3, -0.25) is 0 Å². The third-order valence-corrected chi connectivity index (χ3v) is 9.16. The fourth-order valence-corrected chi connectivity index (χ4v) is 6.73. The molecule has 0 unspecified atom stereocenters. The molecule has 0 amide bonds. The van der Waals surface area contributed by atoms with Gasteiger partial charge in [-0.1, -0.05) is 12.1 Å². The Morgan fingerprint density at radius 2 is 1.41 bits per heavy atom. The molecule has 10 nitrogen and oxygen atoms in total. The second-order valence-electron chi connectivity index (χ2n) is 8.99. The molecule has 0 atom stereocenters. The molecule has 0 saturated carbocycles. The third kappa shape index (κ3) is 6.03. The fourth-order valence-electron chi connectivity index (χ4n) is 4.87. The smallest absolute Gasteiger partial charge is 0.748 e. The normalized spacial score (nSPS) is 15.4. The second-order valence-corrected chi connectivity index (χ2v) is 13.2. The standard InChI is InChI=1S/C22H23NO9S3.2Na/c1-13-22(2,3)21-17(23(13)10-5-11-33(24,25)26)9-8-15-19(35(30,31)32)12-16-14(20(15)21)6-4-7-18(16)34(27,28)29;;/h4,6-9,12H,5,10-11H2,1-3H3,(H2-,24,25,26,27,28,29,30,31,32);;/q;2*+1/p-2. The average Bonchev–Trinajstić information content (AvgIpc) is 2.90. The molecule has 1 aliphatic heterocycles. The molecular weight excluding hydrogens is 564 g/mol. The minimum Gasteiger partial charge on any atom is -0.748 e. The van der Waals surface area contributed by atoms with Crippen molar-refractivity contribution in [1.82, 2.24) is 0 Å². The molecular formula is C22H21NNa2O9S3. The predicted octanol–water partition coefficient (Wildman–Crippen LogP) is -3.86. The van der Waals surface area contributed by atoms with Crippen LogP contribution in [0.4, 0.5) is 5.69 Å². The summed E-state index contributed by atoms with van der Waals surface area (Å²) in [4.78, 5) is -1.29. The Hall–Kier alpha value is -0.420. The van der Waals surface area contributed by atoms with Crippen molar-refractivity contribution in [1.29, 1.82) is 0 Å². The van der Waals surface area contributed by atoms with Crippen molar-refractivity contribution in [3.8, 4) is 0 Å². The summed E-state index contributed by atoms with van der Waals surface area (Å²) >= 11 is 0. The SMILES string of the molecule is CC1=[N+](CCCS(=O)(=O)[O-])c2ccc3c(S(=O)(=O)[O-])cc4c(S(=O)(=O)[O-])cccc4c3c2C1(C)C.[Na+].[Na+]. The summed E-state index contributed by atoms with van der Waals surface area (Å²) < 4.78 is 107. The first kappa shape index (κ1) is 32.8. The van der Waals surface area contributed by atoms with Crippen LogP contribution in [0.15, 0.2) is 46.2 Å². The number of benzene rings is 3. The minimum atomic E-state index is -5.06. The summed E-state index contributed by atoms with van der Waals surface area (Å²) in [6.07, 6.45) is 0.0467. The van der Waals surface area contributed by atoms with E-state index in [4.69, 9.17) is 0 Å². The minimum absolute atomic E-state index is 0. The zero-order valence-corrected chi connectivity index (χ0v) is 27.4. The van der Waals surface area contributed by atoms with E-state index in [1.807, 2.05) is 18.4 Å². The van der Waals surface area contributed by atoms with Crippen LogP contribution in [0.1, 0.15) is 32.8 Å². The Morgan fingerprint density at radius 1 is 0.811 bits per heavy atom. The number of hydrogen-bond donors (Lipinski definition) is 0. The molecule has 37 heavy (non-hydrogen) atoms. The van der Waals surface area contributed by atoms with Crippen molar-refractivity contribution in [2.75, 3.05) is 12.3 Å². The number of fused-ring (bicyclic) bond motifs is 5. The zero-order chi connectivity index (χ0) is 26.1. The van der Waals surface area contributed by atoms with Gasteiger partial charge < -0.3 is 13.7 Å². The van der Waals surface area contributed by atoms with Crippen LogP contribution in [0.5, 0.6) is 0 Å². The average molecular weight is 586 g/mol. The summed E-state index contributed by atoms with van der Waals surface area (Å²) in [7, 11) is -14.5. The van der Waals surface area contributed by atoms with Gasteiger partial charge >= 0.3 is 59.1 Å². The van der Waals surface area contributed by atoms with E-state index in [-0.39, 0.29) is 88.2 Å². The summed E-state index contributed by atoms with van der Waals surface area (Å²) in [6, 6.07) is 7.93. The van der Waals surface area contributed by atoms with Crippen LogP contribution >= 0.6 is 0 Å². The Labute approximate surface area is 260 Å². The first-order valence-corrected chi connectivity index (χ1v) is 14.8. The first-order valence-electron chi connectivity index (χ1n) is 10.4. The molecule has 0 N–H and O–H groups in total. The van der Waals surface area contributed by atoms with Gasteiger partial charge in [-0.15, -0.1) is 0 Å². The van der Waals surface area contributed by atoms with Crippen LogP contribution in [-0.4, -0.2) is 61.5 Å². The molecule has 1 heterocycles. The summed E-state index contributed by atoms with van der Waals surface area (Å²) in [5, 5.41) is 0.494. The molecule has 0 spiro atoms. The van der Waals surface area contributed by atoms with Crippen LogP contribution in [0.3, 0.4) is 0 Å². The van der Waals surface area contributed by atoms with Crippen molar-refractivity contribution in [2.45, 2.75) is 42.4 Å². The Morgan fingerprint density at radius 3 is 1.95 bits per heavy atom. The van der Waals surface area contributed by atoms with Crippen LogP contribution in [0.2, 0.25) is 0 Å². The molecule has 0 bridgehead atoms. The largest absolute Gasteiger partial charge is 1.00 e. The van der Waals surface area contributed by atoms with Gasteiger partial charge in [-0.25, -0.2) is 25.3 Å². The third-order valence-electron chi connectivity index (χ3n) is 6.60. The van der Waals surface area contributed by atoms with E-state index in [2.05, 4.69) is 0 Å². The van der Waals surface area contributed by atoms with E-state index in [9.17, 15) is 38.9 Å². The van der Waals surface area contributed by atoms with E-state index >= 15 is 0 Å². The molecule has 3 aromatic rings. The molecule has 15 heteroatoms. The molecule has 4 rings (SSSR count). The van der Waals surface area contributed by atoms with E-state index < -0.39 is 51.3 Å². The van der Waals surface area contributed by atoms with Gasteiger partial charge in [0.25, 0.3) is 0 Å². The maximum absolute atomic E-state index is 12.2. The Bertz CT molecular complexity index is 1780. The molecule has 0 aromatic heterocycles. The van der Waals surface area contributed by atoms with Crippen molar-refractivity contribution in [3.63, 3.8) is 0 Å². The van der Waals surface area contributed by atoms with Crippen LogP contribution < -0.4 is 59.1 Å². The predicted molar refractivity (Wildman–Crippen MR) is 125 cm³/mol. The number of rotatable bonds is 6. The monoisotopic (exact) mass is 585 g/mol. The van der Waals surface area contributed by atoms with E-state index in [0.29, 0.717) is 16.6 Å². The van der Waals surface area contributed by atoms with Crippen LogP contribution in [0, 0.1) is 0 Å². The van der Waals surface area contributed by atoms with Gasteiger partial charge in [0.15, 0.2) is 5.71 Å². The fraction of sp³-hybridized carbons (Fsp3) is 0.318. The molecule has 3 aromatic carbocycles. The quantitative estimate of drug-likeness (QED) is 0.121. The molecule has 0 aliphatic carbocycles. The first-order chi connectivity index (χ1) is 15.9. The van der Waals surface area contributed by atoms with Crippen LogP contribution in [0.25, 0.3) is 21.5 Å². The molecule has 1 aliphatic rings. The number of hydrogen-bond acceptors (Lipinski definition) is 9. The van der Waals surface area contributed by atoms with Crippen molar-refractivity contribution in [2.24, 2.45) is 0 Å². The van der Waals surface area contributed by atoms with Gasteiger partial charge in [0.05, 0.1) is 25.3 Å². The van der Waals surface area contributed by atoms with Gasteiger partial charge in [0.1, 0.15) is 26.8 Å². The Balaban J connectivity index is 0.00000241. The maximum atomic E-state index is 12.2. The molecule has 0 saturated heterocycles. The zero-order valence-electron chi connectivity index (χ0n) is 20.9. The van der Waals surface area contributed by atoms with E-state index in [0.717, 1.165) is 17.8 Å². The van der Waals surface area contributed by atoms with E-state index in [1.54, 1.807) is 19.1 Å². The number of nitrogens with zero attached hydrogens (tertiary/aromatic N) is 1.